The molecule has 0 saturated carbocycles. The predicted molar refractivity (Wildman–Crippen MR) is 116 cm³/mol. The molecule has 0 saturated heterocycles. The first-order chi connectivity index (χ1) is 14.0. The summed E-state index contributed by atoms with van der Waals surface area (Å²) in [5, 5.41) is 0. The maximum atomic E-state index is 12.9. The van der Waals surface area contributed by atoms with E-state index in [-0.39, 0.29) is 5.56 Å². The first kappa shape index (κ1) is 17.7. The number of para-hydroxylation sites is 1. The second-order valence-corrected chi connectivity index (χ2v) is 7.77. The van der Waals surface area contributed by atoms with Crippen molar-refractivity contribution >= 4 is 32.9 Å². The molecule has 0 radical (unpaired) electrons. The van der Waals surface area contributed by atoms with Crippen molar-refractivity contribution in [3.63, 3.8) is 0 Å². The summed E-state index contributed by atoms with van der Waals surface area (Å²) >= 11 is 3.47. The van der Waals surface area contributed by atoms with Crippen molar-refractivity contribution < 1.29 is 0 Å². The van der Waals surface area contributed by atoms with E-state index >= 15 is 0 Å². The lowest BCUT2D eigenvalue weighted by Gasteiger charge is -2.09. The van der Waals surface area contributed by atoms with Crippen LogP contribution in [0.2, 0.25) is 0 Å². The van der Waals surface area contributed by atoms with E-state index in [1.165, 1.54) is 11.6 Å². The lowest BCUT2D eigenvalue weighted by atomic mass is 10.1. The van der Waals surface area contributed by atoms with Gasteiger partial charge in [-0.1, -0.05) is 46.3 Å². The van der Waals surface area contributed by atoms with Crippen molar-refractivity contribution in [2.24, 2.45) is 14.1 Å². The fourth-order valence-electron chi connectivity index (χ4n) is 3.63. The minimum atomic E-state index is -0.400. The van der Waals surface area contributed by atoms with Crippen molar-refractivity contribution in [3.8, 4) is 16.9 Å². The molecule has 0 bridgehead atoms. The normalized spacial score (nSPS) is 11.6. The van der Waals surface area contributed by atoms with Crippen LogP contribution in [-0.4, -0.2) is 23.1 Å². The molecule has 2 aromatic carbocycles. The van der Waals surface area contributed by atoms with Gasteiger partial charge in [-0.2, -0.15) is 4.98 Å². The molecule has 0 aliphatic rings. The summed E-state index contributed by atoms with van der Waals surface area (Å²) in [5.41, 5.74) is 2.75. The van der Waals surface area contributed by atoms with Crippen LogP contribution >= 0.6 is 15.9 Å². The first-order valence-electron chi connectivity index (χ1n) is 8.98. The molecule has 5 rings (SSSR count). The molecule has 0 aliphatic carbocycles. The maximum Gasteiger partial charge on any atom is 0.332 e. The quantitative estimate of drug-likeness (QED) is 0.415. The van der Waals surface area contributed by atoms with E-state index in [1.807, 2.05) is 65.4 Å². The van der Waals surface area contributed by atoms with E-state index in [9.17, 15) is 9.59 Å². The van der Waals surface area contributed by atoms with Gasteiger partial charge in [-0.25, -0.2) is 4.79 Å². The Kier molecular flexibility index (Phi) is 3.85. The first-order valence-corrected chi connectivity index (χ1v) is 9.77. The van der Waals surface area contributed by atoms with E-state index in [2.05, 4.69) is 20.9 Å². The van der Waals surface area contributed by atoms with Crippen molar-refractivity contribution in [3.05, 3.63) is 86.1 Å². The zero-order valence-corrected chi connectivity index (χ0v) is 17.3. The Morgan fingerprint density at radius 1 is 0.897 bits per heavy atom. The summed E-state index contributed by atoms with van der Waals surface area (Å²) in [6.45, 7) is 0. The number of hydrogen-bond donors (Lipinski definition) is 0. The molecular formula is C21H16BrN5O2. The average molecular weight is 450 g/mol. The van der Waals surface area contributed by atoms with Crippen LogP contribution in [0.1, 0.15) is 0 Å². The Morgan fingerprint density at radius 2 is 1.59 bits per heavy atom. The molecule has 0 spiro atoms. The standard InChI is InChI=1S/C21H16BrN5O2/c1-24-18-17(19(28)25(2)21(24)29)26-12-16(13-8-10-14(22)11-9-13)27(20(26)23-18)15-6-4-3-5-7-15/h3-12H,1-2H3. The topological polar surface area (TPSA) is 66.2 Å². The monoisotopic (exact) mass is 449 g/mol. The lowest BCUT2D eigenvalue weighted by Crippen LogP contribution is -2.37. The molecule has 0 unspecified atom stereocenters. The Bertz CT molecular complexity index is 1510. The number of aromatic nitrogens is 5. The van der Waals surface area contributed by atoms with Crippen LogP contribution in [0.15, 0.2) is 74.9 Å². The van der Waals surface area contributed by atoms with Gasteiger partial charge in [0.05, 0.1) is 5.69 Å². The van der Waals surface area contributed by atoms with Crippen LogP contribution < -0.4 is 11.2 Å². The van der Waals surface area contributed by atoms with Crippen molar-refractivity contribution in [1.29, 1.82) is 0 Å². The van der Waals surface area contributed by atoms with E-state index in [0.717, 1.165) is 26.0 Å². The number of benzene rings is 2. The highest BCUT2D eigenvalue weighted by molar-refractivity contribution is 9.10. The minimum Gasteiger partial charge on any atom is -0.279 e. The zero-order chi connectivity index (χ0) is 20.3. The van der Waals surface area contributed by atoms with E-state index in [1.54, 1.807) is 11.4 Å². The second-order valence-electron chi connectivity index (χ2n) is 6.85. The average Bonchev–Trinajstić information content (AvgIpc) is 3.28. The highest BCUT2D eigenvalue weighted by Crippen LogP contribution is 2.29. The summed E-state index contributed by atoms with van der Waals surface area (Å²) < 4.78 is 7.25. The fourth-order valence-corrected chi connectivity index (χ4v) is 3.89. The summed E-state index contributed by atoms with van der Waals surface area (Å²) in [7, 11) is 3.10. The lowest BCUT2D eigenvalue weighted by molar-refractivity contribution is 0.708. The molecule has 7 nitrogen and oxygen atoms in total. The second kappa shape index (κ2) is 6.31. The zero-order valence-electron chi connectivity index (χ0n) is 15.7. The Balaban J connectivity index is 1.97. The van der Waals surface area contributed by atoms with Crippen LogP contribution in [0, 0.1) is 0 Å². The summed E-state index contributed by atoms with van der Waals surface area (Å²) in [6, 6.07) is 17.8. The Labute approximate surface area is 173 Å². The number of imidazole rings is 2. The summed E-state index contributed by atoms with van der Waals surface area (Å²) in [6.07, 6.45) is 1.90. The third-order valence-electron chi connectivity index (χ3n) is 5.12. The number of halogens is 1. The molecule has 144 valence electrons. The van der Waals surface area contributed by atoms with Gasteiger partial charge in [0.15, 0.2) is 11.2 Å². The molecule has 0 aliphatic heterocycles. The molecule has 0 N–H and O–H groups in total. The van der Waals surface area contributed by atoms with Gasteiger partial charge >= 0.3 is 5.69 Å². The Hall–Kier alpha value is -3.39. The number of hydrogen-bond acceptors (Lipinski definition) is 3. The number of fused-ring (bicyclic) bond motifs is 3. The van der Waals surface area contributed by atoms with Gasteiger partial charge in [-0.15, -0.1) is 0 Å². The maximum absolute atomic E-state index is 12.9. The summed E-state index contributed by atoms with van der Waals surface area (Å²) in [5.74, 6) is 0.572. The predicted octanol–water partition coefficient (Wildman–Crippen LogP) is 3.11. The molecule has 3 aromatic heterocycles. The number of rotatable bonds is 2. The van der Waals surface area contributed by atoms with E-state index < -0.39 is 5.69 Å². The largest absolute Gasteiger partial charge is 0.332 e. The van der Waals surface area contributed by atoms with Gasteiger partial charge < -0.3 is 0 Å². The van der Waals surface area contributed by atoms with Gasteiger partial charge in [0.2, 0.25) is 5.78 Å². The molecule has 5 aromatic rings. The molecule has 0 amide bonds. The third-order valence-corrected chi connectivity index (χ3v) is 5.65. The van der Waals surface area contributed by atoms with Gasteiger partial charge in [-0.3, -0.25) is 22.9 Å². The minimum absolute atomic E-state index is 0.361. The molecular weight excluding hydrogens is 434 g/mol. The molecule has 3 heterocycles. The van der Waals surface area contributed by atoms with Gasteiger partial charge in [0, 0.05) is 36.0 Å². The van der Waals surface area contributed by atoms with Gasteiger partial charge in [0.25, 0.3) is 5.56 Å². The van der Waals surface area contributed by atoms with E-state index in [0.29, 0.717) is 16.9 Å². The van der Waals surface area contributed by atoms with E-state index in [4.69, 9.17) is 0 Å². The molecule has 0 atom stereocenters. The van der Waals surface area contributed by atoms with Crippen LogP contribution in [0.25, 0.3) is 33.9 Å². The van der Waals surface area contributed by atoms with Crippen molar-refractivity contribution in [2.45, 2.75) is 0 Å². The van der Waals surface area contributed by atoms with Crippen molar-refractivity contribution in [1.82, 2.24) is 23.1 Å². The van der Waals surface area contributed by atoms with Gasteiger partial charge in [-0.05, 0) is 24.3 Å². The Morgan fingerprint density at radius 3 is 2.28 bits per heavy atom. The van der Waals surface area contributed by atoms with Crippen LogP contribution in [0.3, 0.4) is 0 Å². The van der Waals surface area contributed by atoms with Crippen LogP contribution in [0.4, 0.5) is 0 Å². The smallest absolute Gasteiger partial charge is 0.279 e. The molecule has 29 heavy (non-hydrogen) atoms. The van der Waals surface area contributed by atoms with Crippen molar-refractivity contribution in [2.75, 3.05) is 0 Å². The summed E-state index contributed by atoms with van der Waals surface area (Å²) in [4.78, 5) is 29.9. The fraction of sp³-hybridized carbons (Fsp3) is 0.0952. The van der Waals surface area contributed by atoms with Gasteiger partial charge in [0.1, 0.15) is 0 Å². The molecule has 0 fully saturated rings. The third kappa shape index (κ3) is 2.52. The van der Waals surface area contributed by atoms with Crippen LogP contribution in [0.5, 0.6) is 0 Å². The highest BCUT2D eigenvalue weighted by Gasteiger charge is 2.21. The number of aryl methyl sites for hydroxylation is 1. The van der Waals surface area contributed by atoms with Crippen LogP contribution in [-0.2, 0) is 14.1 Å². The highest BCUT2D eigenvalue weighted by atomic mass is 79.9. The SMILES string of the molecule is Cn1c(=O)c2c(nc3n(-c4ccccc4)c(-c4ccc(Br)cc4)cn23)n(C)c1=O. The number of nitrogens with zero attached hydrogens (tertiary/aromatic N) is 5. The molecule has 8 heteroatoms.